The van der Waals surface area contributed by atoms with Gasteiger partial charge in [-0.2, -0.15) is 0 Å². The van der Waals surface area contributed by atoms with Crippen molar-refractivity contribution in [2.75, 3.05) is 0 Å². The number of halogens is 1. The van der Waals surface area contributed by atoms with E-state index < -0.39 is 0 Å². The number of aromatic nitrogens is 3. The first-order valence-corrected chi connectivity index (χ1v) is 6.28. The predicted molar refractivity (Wildman–Crippen MR) is 71.0 cm³/mol. The average Bonchev–Trinajstić information content (AvgIpc) is 2.70. The Morgan fingerprint density at radius 2 is 2.11 bits per heavy atom. The topological polar surface area (TPSA) is 73.8 Å². The lowest BCUT2D eigenvalue weighted by atomic mass is 10.0. The molecule has 5 nitrogen and oxygen atoms in total. The Bertz CT molecular complexity index is 533. The molecule has 0 saturated carbocycles. The Labute approximate surface area is 113 Å². The van der Waals surface area contributed by atoms with Gasteiger partial charge in [-0.25, -0.2) is 4.68 Å². The summed E-state index contributed by atoms with van der Waals surface area (Å²) in [5, 5.41) is 7.56. The first-order valence-electron chi connectivity index (χ1n) is 5.48. The minimum atomic E-state index is -0.319. The number of benzene rings is 1. The summed E-state index contributed by atoms with van der Waals surface area (Å²) in [5.74, 6) is -0.0780. The molecular weight excluding hydrogens is 296 g/mol. The van der Waals surface area contributed by atoms with Crippen LogP contribution < -0.4 is 5.73 Å². The highest BCUT2D eigenvalue weighted by atomic mass is 79.9. The molecule has 0 radical (unpaired) electrons. The Morgan fingerprint density at radius 1 is 1.44 bits per heavy atom. The largest absolute Gasteiger partial charge is 0.324 e. The van der Waals surface area contributed by atoms with Crippen molar-refractivity contribution in [3.63, 3.8) is 0 Å². The van der Waals surface area contributed by atoms with Gasteiger partial charge in [-0.05, 0) is 21.5 Å². The molecule has 1 aromatic carbocycles. The van der Waals surface area contributed by atoms with Crippen molar-refractivity contribution >= 4 is 21.7 Å². The number of ketones is 1. The number of aryl methyl sites for hydroxylation is 1. The quantitative estimate of drug-likeness (QED) is 0.875. The fourth-order valence-electron chi connectivity index (χ4n) is 1.74. The SMILES string of the molecule is Cn1nnc(Br)c1C(=O)CC(N)c1ccccc1. The van der Waals surface area contributed by atoms with E-state index in [0.717, 1.165) is 5.56 Å². The van der Waals surface area contributed by atoms with Gasteiger partial charge in [-0.3, -0.25) is 4.79 Å². The standard InChI is InChI=1S/C12H13BrN4O/c1-17-11(12(13)15-16-17)10(18)7-9(14)8-5-3-2-4-6-8/h2-6,9H,7,14H2,1H3. The molecule has 0 aliphatic carbocycles. The third-order valence-electron chi connectivity index (χ3n) is 2.68. The molecule has 0 saturated heterocycles. The maximum atomic E-state index is 12.1. The molecule has 2 rings (SSSR count). The normalized spacial score (nSPS) is 12.4. The monoisotopic (exact) mass is 308 g/mol. The Morgan fingerprint density at radius 3 is 2.67 bits per heavy atom. The smallest absolute Gasteiger partial charge is 0.185 e. The molecule has 18 heavy (non-hydrogen) atoms. The first kappa shape index (κ1) is 12.9. The molecule has 2 N–H and O–H groups in total. The van der Waals surface area contributed by atoms with Crippen LogP contribution in [0.4, 0.5) is 0 Å². The van der Waals surface area contributed by atoms with Crippen LogP contribution in [0.25, 0.3) is 0 Å². The molecule has 94 valence electrons. The number of hydrogen-bond acceptors (Lipinski definition) is 4. The minimum Gasteiger partial charge on any atom is -0.324 e. The summed E-state index contributed by atoms with van der Waals surface area (Å²) in [6.45, 7) is 0. The van der Waals surface area contributed by atoms with E-state index in [4.69, 9.17) is 5.73 Å². The van der Waals surface area contributed by atoms with Crippen molar-refractivity contribution in [2.45, 2.75) is 12.5 Å². The maximum Gasteiger partial charge on any atom is 0.185 e. The number of carbonyl (C=O) groups is 1. The highest BCUT2D eigenvalue weighted by Gasteiger charge is 2.20. The zero-order chi connectivity index (χ0) is 13.1. The van der Waals surface area contributed by atoms with Crippen molar-refractivity contribution in [3.8, 4) is 0 Å². The van der Waals surface area contributed by atoms with Gasteiger partial charge >= 0.3 is 0 Å². The molecule has 1 aromatic heterocycles. The molecule has 0 bridgehead atoms. The Balaban J connectivity index is 2.13. The second-order valence-electron chi connectivity index (χ2n) is 4.00. The molecule has 0 amide bonds. The summed E-state index contributed by atoms with van der Waals surface area (Å²) in [4.78, 5) is 12.1. The van der Waals surface area contributed by atoms with Gasteiger partial charge in [0.25, 0.3) is 0 Å². The number of nitrogens with two attached hydrogens (primary N) is 1. The maximum absolute atomic E-state index is 12.1. The third-order valence-corrected chi connectivity index (χ3v) is 3.22. The summed E-state index contributed by atoms with van der Waals surface area (Å²) in [6, 6.07) is 9.23. The Kier molecular flexibility index (Phi) is 3.88. The van der Waals surface area contributed by atoms with E-state index in [2.05, 4.69) is 26.2 Å². The van der Waals surface area contributed by atoms with Gasteiger partial charge in [0, 0.05) is 19.5 Å². The van der Waals surface area contributed by atoms with Crippen molar-refractivity contribution < 1.29 is 4.79 Å². The van der Waals surface area contributed by atoms with Crippen LogP contribution in [0.1, 0.15) is 28.5 Å². The summed E-state index contributed by atoms with van der Waals surface area (Å²) < 4.78 is 1.90. The van der Waals surface area contributed by atoms with Crippen LogP contribution in [0, 0.1) is 0 Å². The molecule has 0 aliphatic rings. The predicted octanol–water partition coefficient (Wildman–Crippen LogP) is 1.85. The average molecular weight is 309 g/mol. The molecule has 1 heterocycles. The van der Waals surface area contributed by atoms with Gasteiger partial charge < -0.3 is 5.73 Å². The molecule has 0 fully saturated rings. The highest BCUT2D eigenvalue weighted by molar-refractivity contribution is 9.10. The van der Waals surface area contributed by atoms with E-state index in [1.54, 1.807) is 7.05 Å². The van der Waals surface area contributed by atoms with Crippen LogP contribution in [-0.2, 0) is 7.05 Å². The summed E-state index contributed by atoms with van der Waals surface area (Å²) >= 11 is 3.21. The van der Waals surface area contributed by atoms with Gasteiger partial charge in [0.1, 0.15) is 5.69 Å². The van der Waals surface area contributed by atoms with E-state index in [9.17, 15) is 4.79 Å². The van der Waals surface area contributed by atoms with Gasteiger partial charge in [-0.15, -0.1) is 5.10 Å². The van der Waals surface area contributed by atoms with Gasteiger partial charge in [0.15, 0.2) is 10.4 Å². The van der Waals surface area contributed by atoms with Crippen LogP contribution in [0.5, 0.6) is 0 Å². The molecule has 2 aromatic rings. The van der Waals surface area contributed by atoms with Crippen molar-refractivity contribution in [1.82, 2.24) is 15.0 Å². The number of carbonyl (C=O) groups excluding carboxylic acids is 1. The van der Waals surface area contributed by atoms with Crippen LogP contribution >= 0.6 is 15.9 Å². The molecule has 6 heteroatoms. The summed E-state index contributed by atoms with van der Waals surface area (Å²) in [5.41, 5.74) is 7.40. The second kappa shape index (κ2) is 5.41. The zero-order valence-electron chi connectivity index (χ0n) is 9.88. The third kappa shape index (κ3) is 2.65. The second-order valence-corrected chi connectivity index (χ2v) is 4.75. The summed E-state index contributed by atoms with van der Waals surface area (Å²) in [7, 11) is 1.68. The van der Waals surface area contributed by atoms with E-state index in [1.807, 2.05) is 30.3 Å². The number of hydrogen-bond donors (Lipinski definition) is 1. The molecule has 1 unspecified atom stereocenters. The van der Waals surface area contributed by atoms with E-state index >= 15 is 0 Å². The Hall–Kier alpha value is -1.53. The van der Waals surface area contributed by atoms with Gasteiger partial charge in [-0.1, -0.05) is 35.5 Å². The zero-order valence-corrected chi connectivity index (χ0v) is 11.5. The molecule has 1 atom stereocenters. The first-order chi connectivity index (χ1) is 8.59. The lowest BCUT2D eigenvalue weighted by molar-refractivity contribution is 0.0964. The lowest BCUT2D eigenvalue weighted by Gasteiger charge is -2.10. The number of nitrogens with zero attached hydrogens (tertiary/aromatic N) is 3. The van der Waals surface area contributed by atoms with Gasteiger partial charge in [0.2, 0.25) is 0 Å². The number of rotatable bonds is 4. The van der Waals surface area contributed by atoms with Crippen LogP contribution in [0.3, 0.4) is 0 Å². The lowest BCUT2D eigenvalue weighted by Crippen LogP contribution is -2.17. The summed E-state index contributed by atoms with van der Waals surface area (Å²) in [6.07, 6.45) is 0.226. The minimum absolute atomic E-state index is 0.0780. The van der Waals surface area contributed by atoms with E-state index in [1.165, 1.54) is 4.68 Å². The van der Waals surface area contributed by atoms with Crippen molar-refractivity contribution in [1.29, 1.82) is 0 Å². The fourth-order valence-corrected chi connectivity index (χ4v) is 2.29. The van der Waals surface area contributed by atoms with Crippen LogP contribution in [0.2, 0.25) is 0 Å². The fraction of sp³-hybridized carbons (Fsp3) is 0.250. The van der Waals surface area contributed by atoms with Crippen LogP contribution in [0.15, 0.2) is 34.9 Å². The highest BCUT2D eigenvalue weighted by Crippen LogP contribution is 2.19. The van der Waals surface area contributed by atoms with Crippen molar-refractivity contribution in [3.05, 3.63) is 46.2 Å². The van der Waals surface area contributed by atoms with Gasteiger partial charge in [0.05, 0.1) is 0 Å². The molecular formula is C12H13BrN4O. The molecule has 0 spiro atoms. The van der Waals surface area contributed by atoms with E-state index in [0.29, 0.717) is 10.3 Å². The molecule has 0 aliphatic heterocycles. The number of Topliss-reactive ketones (excluding diaryl/α,β-unsaturated/α-hetero) is 1. The van der Waals surface area contributed by atoms with E-state index in [-0.39, 0.29) is 18.2 Å². The van der Waals surface area contributed by atoms with Crippen LogP contribution in [-0.4, -0.2) is 20.8 Å². The van der Waals surface area contributed by atoms with Crippen molar-refractivity contribution in [2.24, 2.45) is 12.8 Å².